The van der Waals surface area contributed by atoms with Gasteiger partial charge < -0.3 is 9.57 Å². The van der Waals surface area contributed by atoms with Gasteiger partial charge in [0.05, 0.1) is 7.11 Å². The minimum Gasteiger partial charge on any atom is -0.497 e. The van der Waals surface area contributed by atoms with Crippen molar-refractivity contribution in [1.82, 2.24) is 5.06 Å². The Hall–Kier alpha value is -2.84. The molecule has 41 heavy (non-hydrogen) atoms. The Morgan fingerprint density at radius 3 is 2.17 bits per heavy atom. The lowest BCUT2D eigenvalue weighted by Crippen LogP contribution is -2.52. The summed E-state index contributed by atoms with van der Waals surface area (Å²) in [5, 5.41) is 1.97. The third kappa shape index (κ3) is 6.97. The fraction of sp³-hybridized carbons (Fsp3) is 0.545. The second-order valence-electron chi connectivity index (χ2n) is 11.6. The zero-order valence-corrected chi connectivity index (χ0v) is 25.1. The summed E-state index contributed by atoms with van der Waals surface area (Å²) in [7, 11) is 1.61. The molecular weight excluding hydrogens is 536 g/mol. The van der Waals surface area contributed by atoms with Crippen LogP contribution in [0, 0.1) is 5.92 Å². The maximum Gasteiger partial charge on any atom is 0.348 e. The molecule has 0 bridgehead atoms. The average Bonchev–Trinajstić information content (AvgIpc) is 3.42. The Morgan fingerprint density at radius 2 is 1.56 bits per heavy atom. The zero-order chi connectivity index (χ0) is 28.8. The first-order valence-electron chi connectivity index (χ1n) is 15.2. The monoisotopic (exact) mass is 578 g/mol. The molecule has 3 aliphatic rings. The lowest BCUT2D eigenvalue weighted by molar-refractivity contribution is -0.224. The maximum atomic E-state index is 14.0. The molecule has 2 aliphatic carbocycles. The van der Waals surface area contributed by atoms with Crippen molar-refractivity contribution in [3.8, 4) is 5.75 Å². The third-order valence-corrected chi connectivity index (χ3v) is 9.91. The summed E-state index contributed by atoms with van der Waals surface area (Å²) in [6.45, 7) is 1.83. The molecule has 7 nitrogen and oxygen atoms in total. The topological polar surface area (TPSA) is 76.2 Å². The molecule has 2 aromatic carbocycles. The van der Waals surface area contributed by atoms with E-state index in [-0.39, 0.29) is 29.1 Å². The Labute approximate surface area is 247 Å². The number of thioether (sulfide) groups is 1. The van der Waals surface area contributed by atoms with E-state index in [1.54, 1.807) is 24.1 Å². The van der Waals surface area contributed by atoms with E-state index in [0.717, 1.165) is 68.7 Å². The number of anilines is 1. The molecule has 220 valence electrons. The van der Waals surface area contributed by atoms with Gasteiger partial charge in [-0.25, -0.2) is 4.79 Å². The van der Waals surface area contributed by atoms with Crippen LogP contribution in [-0.2, 0) is 20.8 Å². The minimum absolute atomic E-state index is 0.0663. The van der Waals surface area contributed by atoms with Crippen LogP contribution in [0.3, 0.4) is 0 Å². The normalized spacial score (nSPS) is 20.5. The molecule has 1 heterocycles. The van der Waals surface area contributed by atoms with Gasteiger partial charge >= 0.3 is 5.97 Å². The molecule has 2 saturated carbocycles. The van der Waals surface area contributed by atoms with Crippen molar-refractivity contribution in [3.63, 3.8) is 0 Å². The first-order chi connectivity index (χ1) is 20.0. The molecule has 2 aromatic rings. The summed E-state index contributed by atoms with van der Waals surface area (Å²) in [6, 6.07) is 14.4. The lowest BCUT2D eigenvalue weighted by Gasteiger charge is -2.40. The standard InChI is InChI=1S/C33H42N2O5S/c1-23(22-41-33(38)24-12-6-3-7-13-24)31(36)34-29-19-18-28(39-2)20-25(29)21-30(34)32(37)40-35(26-14-8-4-9-15-26)27-16-10-5-11-17-27/h3,6-7,12-13,18-20,23,26-27,30H,4-5,8-11,14-17,21-22H2,1-2H3. The van der Waals surface area contributed by atoms with Crippen LogP contribution >= 0.6 is 11.8 Å². The van der Waals surface area contributed by atoms with Crippen molar-refractivity contribution >= 4 is 34.4 Å². The van der Waals surface area contributed by atoms with Gasteiger partial charge in [0, 0.05) is 41.4 Å². The van der Waals surface area contributed by atoms with Gasteiger partial charge in [-0.3, -0.25) is 14.5 Å². The van der Waals surface area contributed by atoms with Gasteiger partial charge in [-0.05, 0) is 49.4 Å². The number of hydrogen-bond acceptors (Lipinski definition) is 7. The number of amides is 1. The van der Waals surface area contributed by atoms with E-state index in [1.165, 1.54) is 12.8 Å². The number of rotatable bonds is 9. The van der Waals surface area contributed by atoms with Gasteiger partial charge in [0.2, 0.25) is 11.0 Å². The number of hydrogen-bond donors (Lipinski definition) is 0. The third-order valence-electron chi connectivity index (χ3n) is 8.74. The SMILES string of the molecule is COc1ccc2c(c1)CC(C(=O)ON(C1CCCCC1)C1CCCCC1)N2C(=O)C(C)CSC(=O)c1ccccc1. The molecule has 0 aromatic heterocycles. The molecule has 5 rings (SSSR count). The molecule has 1 amide bonds. The van der Waals surface area contributed by atoms with E-state index in [0.29, 0.717) is 29.2 Å². The number of benzene rings is 2. The van der Waals surface area contributed by atoms with Crippen molar-refractivity contribution in [2.45, 2.75) is 95.7 Å². The predicted molar refractivity (Wildman–Crippen MR) is 162 cm³/mol. The fourth-order valence-corrected chi connectivity index (χ4v) is 7.31. The van der Waals surface area contributed by atoms with Gasteiger partial charge in [-0.15, -0.1) is 5.06 Å². The van der Waals surface area contributed by atoms with Crippen molar-refractivity contribution in [3.05, 3.63) is 59.7 Å². The van der Waals surface area contributed by atoms with Crippen LogP contribution in [0.15, 0.2) is 48.5 Å². The van der Waals surface area contributed by atoms with Gasteiger partial charge in [-0.1, -0.05) is 87.5 Å². The second kappa shape index (κ2) is 13.9. The van der Waals surface area contributed by atoms with Crippen molar-refractivity contribution in [1.29, 1.82) is 0 Å². The molecular formula is C33H42N2O5S. The highest BCUT2D eigenvalue weighted by atomic mass is 32.2. The van der Waals surface area contributed by atoms with E-state index < -0.39 is 12.0 Å². The number of hydroxylamine groups is 2. The Kier molecular flexibility index (Phi) is 10.0. The molecule has 8 heteroatoms. The minimum atomic E-state index is -0.753. The Bertz CT molecular complexity index is 1190. The molecule has 2 fully saturated rings. The Morgan fingerprint density at radius 1 is 0.927 bits per heavy atom. The summed E-state index contributed by atoms with van der Waals surface area (Å²) in [6.07, 6.45) is 11.6. The summed E-state index contributed by atoms with van der Waals surface area (Å²) >= 11 is 1.14. The number of fused-ring (bicyclic) bond motifs is 1. The van der Waals surface area contributed by atoms with Crippen molar-refractivity contribution < 1.29 is 24.0 Å². The molecule has 2 atom stereocenters. The first-order valence-corrected chi connectivity index (χ1v) is 16.2. The van der Waals surface area contributed by atoms with Crippen LogP contribution in [0.25, 0.3) is 0 Å². The quantitative estimate of drug-likeness (QED) is 0.311. The summed E-state index contributed by atoms with van der Waals surface area (Å²) in [5.74, 6) is 0.000113. The average molecular weight is 579 g/mol. The van der Waals surface area contributed by atoms with E-state index in [1.807, 2.05) is 48.4 Å². The van der Waals surface area contributed by atoms with Gasteiger partial charge in [0.1, 0.15) is 11.8 Å². The zero-order valence-electron chi connectivity index (χ0n) is 24.3. The van der Waals surface area contributed by atoms with Crippen LogP contribution in [0.1, 0.15) is 87.1 Å². The van der Waals surface area contributed by atoms with Gasteiger partial charge in [0.25, 0.3) is 0 Å². The van der Waals surface area contributed by atoms with Crippen molar-refractivity contribution in [2.75, 3.05) is 17.8 Å². The molecule has 0 saturated heterocycles. The van der Waals surface area contributed by atoms with Crippen LogP contribution in [0.2, 0.25) is 0 Å². The number of ether oxygens (including phenoxy) is 1. The van der Waals surface area contributed by atoms with E-state index >= 15 is 0 Å². The lowest BCUT2D eigenvalue weighted by atomic mass is 9.90. The van der Waals surface area contributed by atoms with Gasteiger partial charge in [-0.2, -0.15) is 0 Å². The van der Waals surface area contributed by atoms with Crippen LogP contribution in [0.4, 0.5) is 5.69 Å². The smallest absolute Gasteiger partial charge is 0.348 e. The highest BCUT2D eigenvalue weighted by Gasteiger charge is 2.43. The van der Waals surface area contributed by atoms with Gasteiger partial charge in [0.15, 0.2) is 0 Å². The summed E-state index contributed by atoms with van der Waals surface area (Å²) < 4.78 is 5.44. The Balaban J connectivity index is 1.35. The van der Waals surface area contributed by atoms with Crippen molar-refractivity contribution in [2.24, 2.45) is 5.92 Å². The van der Waals surface area contributed by atoms with E-state index in [2.05, 4.69) is 0 Å². The molecule has 1 aliphatic heterocycles. The van der Waals surface area contributed by atoms with Crippen LogP contribution in [0.5, 0.6) is 5.75 Å². The predicted octanol–water partition coefficient (Wildman–Crippen LogP) is 6.59. The fourth-order valence-electron chi connectivity index (χ4n) is 6.47. The second-order valence-corrected chi connectivity index (χ2v) is 12.6. The highest BCUT2D eigenvalue weighted by molar-refractivity contribution is 8.14. The maximum absolute atomic E-state index is 14.0. The summed E-state index contributed by atoms with van der Waals surface area (Å²) in [4.78, 5) is 48.6. The van der Waals surface area contributed by atoms with E-state index in [4.69, 9.17) is 9.57 Å². The largest absolute Gasteiger partial charge is 0.497 e. The molecule has 0 radical (unpaired) electrons. The highest BCUT2D eigenvalue weighted by Crippen LogP contribution is 2.38. The van der Waals surface area contributed by atoms with E-state index in [9.17, 15) is 14.4 Å². The summed E-state index contributed by atoms with van der Waals surface area (Å²) in [5.41, 5.74) is 2.22. The molecule has 2 unspecified atom stereocenters. The number of carbonyl (C=O) groups is 3. The van der Waals surface area contributed by atoms with Crippen LogP contribution < -0.4 is 9.64 Å². The number of carbonyl (C=O) groups excluding carboxylic acids is 3. The molecule has 0 N–H and O–H groups in total. The number of methoxy groups -OCH3 is 1. The first kappa shape index (κ1) is 29.6. The van der Waals surface area contributed by atoms with Crippen LogP contribution in [-0.4, -0.2) is 53.0 Å². The number of nitrogens with zero attached hydrogens (tertiary/aromatic N) is 2. The molecule has 0 spiro atoms.